The number of carbonyl (C=O) groups is 1. The van der Waals surface area contributed by atoms with Crippen molar-refractivity contribution in [3.05, 3.63) is 184 Å². The van der Waals surface area contributed by atoms with Crippen LogP contribution < -0.4 is 5.32 Å². The second-order valence-corrected chi connectivity index (χ2v) is 15.1. The van der Waals surface area contributed by atoms with Crippen LogP contribution in [0, 0.1) is 0 Å². The van der Waals surface area contributed by atoms with Crippen LogP contribution >= 0.6 is 0 Å². The summed E-state index contributed by atoms with van der Waals surface area (Å²) in [6.45, 7) is 0.0121. The summed E-state index contributed by atoms with van der Waals surface area (Å²) in [4.78, 5) is 18.8. The minimum Gasteiger partial charge on any atom is -0.347 e. The van der Waals surface area contributed by atoms with E-state index in [0.29, 0.717) is 5.56 Å². The third-order valence-corrected chi connectivity index (χ3v) is 11.2. The maximum Gasteiger partial charge on any atom is 0.416 e. The highest BCUT2D eigenvalue weighted by molar-refractivity contribution is 6.36. The van der Waals surface area contributed by atoms with Crippen LogP contribution in [-0.4, -0.2) is 10.9 Å². The van der Waals surface area contributed by atoms with Gasteiger partial charge in [0.15, 0.2) is 0 Å². The number of nitrogens with one attached hydrogen (secondary N) is 1. The SMILES string of the molecule is O=C(NCc1ccccc1)c1nccc2c(-c3ccc(C(F)(F)F)cc3)c3c4c(c(-c5ccc(C(F)(F)F)cc5)c5cc(C(F)(F)F)ccc5c4c12)C(c1ccc(C(F)(F)F)cc1)=C3. The van der Waals surface area contributed by atoms with Crippen molar-refractivity contribution in [2.24, 2.45) is 0 Å². The van der Waals surface area contributed by atoms with Crippen LogP contribution in [0.4, 0.5) is 52.7 Å². The number of fused-ring (bicyclic) bond motifs is 4. The van der Waals surface area contributed by atoms with E-state index in [1.165, 1.54) is 30.5 Å². The fourth-order valence-corrected chi connectivity index (χ4v) is 8.38. The quantitative estimate of drug-likeness (QED) is 0.134. The second kappa shape index (κ2) is 15.0. The van der Waals surface area contributed by atoms with Crippen LogP contribution in [-0.2, 0) is 31.2 Å². The third-order valence-electron chi connectivity index (χ3n) is 11.2. The molecule has 64 heavy (non-hydrogen) atoms. The predicted molar refractivity (Wildman–Crippen MR) is 219 cm³/mol. The molecule has 1 N–H and O–H groups in total. The lowest BCUT2D eigenvalue weighted by Crippen LogP contribution is -2.24. The number of amides is 1. The summed E-state index contributed by atoms with van der Waals surface area (Å²) in [6.07, 6.45) is -16.4. The molecule has 0 bridgehead atoms. The van der Waals surface area contributed by atoms with E-state index in [4.69, 9.17) is 0 Å². The lowest BCUT2D eigenvalue weighted by atomic mass is 9.81. The topological polar surface area (TPSA) is 42.0 Å². The first kappa shape index (κ1) is 42.2. The number of hydrogen-bond donors (Lipinski definition) is 1. The maximum atomic E-state index is 14.6. The van der Waals surface area contributed by atoms with Crippen molar-refractivity contribution in [3.63, 3.8) is 0 Å². The number of hydrogen-bond acceptors (Lipinski definition) is 2. The van der Waals surface area contributed by atoms with Crippen molar-refractivity contribution in [1.29, 1.82) is 0 Å². The van der Waals surface area contributed by atoms with Gasteiger partial charge in [-0.05, 0) is 132 Å². The van der Waals surface area contributed by atoms with Crippen LogP contribution in [0.2, 0.25) is 0 Å². The average molecular weight is 887 g/mol. The molecule has 7 aromatic carbocycles. The maximum absolute atomic E-state index is 14.6. The molecular weight excluding hydrogens is 861 g/mol. The van der Waals surface area contributed by atoms with Gasteiger partial charge in [0.2, 0.25) is 0 Å². The van der Waals surface area contributed by atoms with E-state index in [-0.39, 0.29) is 89.1 Å². The molecule has 1 aliphatic rings. The Bertz CT molecular complexity index is 3180. The molecule has 0 aliphatic heterocycles. The van der Waals surface area contributed by atoms with Crippen LogP contribution in [0.25, 0.3) is 66.2 Å². The van der Waals surface area contributed by atoms with Gasteiger partial charge in [0.25, 0.3) is 5.91 Å². The molecule has 1 amide bonds. The van der Waals surface area contributed by atoms with Gasteiger partial charge in [0.05, 0.1) is 22.3 Å². The molecule has 0 unspecified atom stereocenters. The smallest absolute Gasteiger partial charge is 0.347 e. The molecule has 0 spiro atoms. The molecule has 0 radical (unpaired) electrons. The first-order chi connectivity index (χ1) is 30.2. The fraction of sp³-hybridized carbons (Fsp3) is 0.102. The Morgan fingerprint density at radius 1 is 0.469 bits per heavy atom. The number of alkyl halides is 12. The van der Waals surface area contributed by atoms with Crippen molar-refractivity contribution >= 4 is 49.9 Å². The molecule has 8 aromatic rings. The van der Waals surface area contributed by atoms with E-state index in [9.17, 15) is 57.5 Å². The van der Waals surface area contributed by atoms with Gasteiger partial charge in [-0.3, -0.25) is 9.78 Å². The summed E-state index contributed by atoms with van der Waals surface area (Å²) in [5.41, 5.74) is -2.72. The van der Waals surface area contributed by atoms with Crippen molar-refractivity contribution in [3.8, 4) is 22.3 Å². The van der Waals surface area contributed by atoms with E-state index < -0.39 is 52.9 Å². The number of carbonyl (C=O) groups excluding carboxylic acids is 1. The molecule has 1 aromatic heterocycles. The summed E-state index contributed by atoms with van der Waals surface area (Å²) >= 11 is 0. The minimum absolute atomic E-state index is 0.00285. The Morgan fingerprint density at radius 2 is 0.969 bits per heavy atom. The number of halogens is 12. The molecule has 0 saturated heterocycles. The molecule has 0 saturated carbocycles. The van der Waals surface area contributed by atoms with E-state index in [1.54, 1.807) is 36.4 Å². The zero-order chi connectivity index (χ0) is 45.5. The molecule has 15 heteroatoms. The van der Waals surface area contributed by atoms with Gasteiger partial charge >= 0.3 is 24.7 Å². The van der Waals surface area contributed by atoms with Gasteiger partial charge in [-0.2, -0.15) is 52.7 Å². The van der Waals surface area contributed by atoms with Crippen LogP contribution in [0.1, 0.15) is 55.0 Å². The fourth-order valence-electron chi connectivity index (χ4n) is 8.38. The monoisotopic (exact) mass is 886 g/mol. The van der Waals surface area contributed by atoms with E-state index in [1.807, 2.05) is 0 Å². The average Bonchev–Trinajstić information content (AvgIpc) is 3.64. The Hall–Kier alpha value is -7.16. The molecule has 322 valence electrons. The van der Waals surface area contributed by atoms with Crippen molar-refractivity contribution < 1.29 is 57.5 Å². The van der Waals surface area contributed by atoms with Crippen LogP contribution in [0.3, 0.4) is 0 Å². The van der Waals surface area contributed by atoms with E-state index >= 15 is 0 Å². The van der Waals surface area contributed by atoms with Crippen molar-refractivity contribution in [1.82, 2.24) is 10.3 Å². The number of aromatic nitrogens is 1. The highest BCUT2D eigenvalue weighted by Crippen LogP contribution is 2.55. The van der Waals surface area contributed by atoms with Gasteiger partial charge in [0, 0.05) is 23.5 Å². The zero-order valence-corrected chi connectivity index (χ0v) is 32.4. The second-order valence-electron chi connectivity index (χ2n) is 15.1. The summed E-state index contributed by atoms with van der Waals surface area (Å²) in [5, 5.41) is 3.46. The third kappa shape index (κ3) is 7.37. The molecule has 3 nitrogen and oxygen atoms in total. The zero-order valence-electron chi connectivity index (χ0n) is 32.4. The van der Waals surface area contributed by atoms with Gasteiger partial charge in [-0.25, -0.2) is 0 Å². The van der Waals surface area contributed by atoms with E-state index in [0.717, 1.165) is 72.8 Å². The summed E-state index contributed by atoms with van der Waals surface area (Å²) in [7, 11) is 0. The van der Waals surface area contributed by atoms with Gasteiger partial charge in [-0.15, -0.1) is 0 Å². The lowest BCUT2D eigenvalue weighted by Gasteiger charge is -2.22. The Kier molecular flexibility index (Phi) is 9.87. The van der Waals surface area contributed by atoms with Crippen molar-refractivity contribution in [2.75, 3.05) is 0 Å². The molecular formula is C49H26F12N2O. The predicted octanol–water partition coefficient (Wildman–Crippen LogP) is 14.8. The van der Waals surface area contributed by atoms with Crippen molar-refractivity contribution in [2.45, 2.75) is 31.2 Å². The molecule has 9 rings (SSSR count). The van der Waals surface area contributed by atoms with Crippen LogP contribution in [0.15, 0.2) is 134 Å². The summed E-state index contributed by atoms with van der Waals surface area (Å²) in [6, 6.07) is 24.6. The minimum atomic E-state index is -4.93. The standard InChI is InChI=1S/C49H26F12N2O/c50-46(51,52)29-12-6-26(7-13-29)35-23-37-38(27-8-14-30(15-9-27)47(53,54)55)34-20-21-62-44(45(64)63-24-25-4-2-1-3-5-25)43(34)40-33-19-18-32(49(59,60)61)22-36(33)39(41(35)42(37)40)28-10-16-31(17-11-28)48(56,57)58/h1-23H,24H2,(H,63,64). The summed E-state index contributed by atoms with van der Waals surface area (Å²) in [5.74, 6) is -0.731. The first-order valence-electron chi connectivity index (χ1n) is 19.2. The number of benzene rings is 7. The molecule has 1 heterocycles. The number of rotatable bonds is 6. The molecule has 1 aliphatic carbocycles. The Morgan fingerprint density at radius 3 is 1.50 bits per heavy atom. The highest BCUT2D eigenvalue weighted by Gasteiger charge is 2.37. The normalized spacial score (nSPS) is 13.2. The summed E-state index contributed by atoms with van der Waals surface area (Å²) < 4.78 is 169. The van der Waals surface area contributed by atoms with Crippen LogP contribution in [0.5, 0.6) is 0 Å². The first-order valence-corrected chi connectivity index (χ1v) is 19.2. The van der Waals surface area contributed by atoms with E-state index in [2.05, 4.69) is 10.3 Å². The number of nitrogens with zero attached hydrogens (tertiary/aromatic N) is 1. The highest BCUT2D eigenvalue weighted by atomic mass is 19.4. The van der Waals surface area contributed by atoms with Gasteiger partial charge < -0.3 is 5.32 Å². The Balaban J connectivity index is 1.47. The Labute approximate surface area is 354 Å². The van der Waals surface area contributed by atoms with Gasteiger partial charge in [-0.1, -0.05) is 72.8 Å². The lowest BCUT2D eigenvalue weighted by molar-refractivity contribution is -0.138. The van der Waals surface area contributed by atoms with Gasteiger partial charge in [0.1, 0.15) is 5.69 Å². The molecule has 0 atom stereocenters. The number of pyridine rings is 1. The molecule has 0 fully saturated rings. The largest absolute Gasteiger partial charge is 0.416 e.